The zero-order chi connectivity index (χ0) is 15.6. The summed E-state index contributed by atoms with van der Waals surface area (Å²) in [6, 6.07) is 4.63. The van der Waals surface area contributed by atoms with E-state index in [2.05, 4.69) is 4.72 Å². The van der Waals surface area contributed by atoms with Gasteiger partial charge in [0.1, 0.15) is 13.2 Å². The first-order valence-corrected chi connectivity index (χ1v) is 9.20. The zero-order valence-electron chi connectivity index (χ0n) is 12.5. The van der Waals surface area contributed by atoms with Crippen LogP contribution in [0.2, 0.25) is 0 Å². The maximum Gasteiger partial charge on any atom is 0.240 e. The molecule has 2 aliphatic rings. The monoisotopic (exact) mass is 326 g/mol. The Morgan fingerprint density at radius 3 is 2.64 bits per heavy atom. The fourth-order valence-corrected chi connectivity index (χ4v) is 4.46. The molecule has 3 rings (SSSR count). The molecule has 1 saturated carbocycles. The number of nitrogens with one attached hydrogen (secondary N) is 1. The Morgan fingerprint density at radius 2 is 1.86 bits per heavy atom. The highest BCUT2D eigenvalue weighted by Gasteiger charge is 2.29. The minimum Gasteiger partial charge on any atom is -0.486 e. The van der Waals surface area contributed by atoms with E-state index in [1.165, 1.54) is 6.07 Å². The molecule has 3 N–H and O–H groups in total. The molecule has 2 unspecified atom stereocenters. The smallest absolute Gasteiger partial charge is 0.240 e. The molecule has 6 nitrogen and oxygen atoms in total. The Bertz CT molecular complexity index is 632. The van der Waals surface area contributed by atoms with E-state index in [1.54, 1.807) is 12.1 Å². The number of nitrogens with two attached hydrogens (primary N) is 1. The first-order valence-electron chi connectivity index (χ1n) is 7.72. The maximum atomic E-state index is 12.6. The molecule has 122 valence electrons. The molecule has 0 bridgehead atoms. The summed E-state index contributed by atoms with van der Waals surface area (Å²) in [6.07, 6.45) is 3.96. The summed E-state index contributed by atoms with van der Waals surface area (Å²) in [4.78, 5) is 0.207. The number of sulfonamides is 1. The van der Waals surface area contributed by atoms with Crippen molar-refractivity contribution in [1.82, 2.24) is 4.72 Å². The highest BCUT2D eigenvalue weighted by atomic mass is 32.2. The van der Waals surface area contributed by atoms with Crippen LogP contribution >= 0.6 is 0 Å². The van der Waals surface area contributed by atoms with E-state index in [9.17, 15) is 8.42 Å². The van der Waals surface area contributed by atoms with Crippen LogP contribution in [0, 0.1) is 5.92 Å². The zero-order valence-corrected chi connectivity index (χ0v) is 13.3. The summed E-state index contributed by atoms with van der Waals surface area (Å²) in [5, 5.41) is 0. The summed E-state index contributed by atoms with van der Waals surface area (Å²) in [5.41, 5.74) is 5.77. The van der Waals surface area contributed by atoms with Crippen LogP contribution in [0.15, 0.2) is 23.1 Å². The quantitative estimate of drug-likeness (QED) is 0.869. The molecule has 1 aliphatic heterocycles. The fourth-order valence-electron chi connectivity index (χ4n) is 3.10. The van der Waals surface area contributed by atoms with Gasteiger partial charge >= 0.3 is 0 Å². The number of ether oxygens (including phenoxy) is 2. The Morgan fingerprint density at radius 1 is 1.14 bits per heavy atom. The fraction of sp³-hybridized carbons (Fsp3) is 0.600. The molecule has 1 heterocycles. The van der Waals surface area contributed by atoms with Gasteiger partial charge in [-0.2, -0.15) is 0 Å². The Labute approximate surface area is 131 Å². The average molecular weight is 326 g/mol. The molecule has 0 saturated heterocycles. The summed E-state index contributed by atoms with van der Waals surface area (Å²) in [5.74, 6) is 1.27. The van der Waals surface area contributed by atoms with Crippen molar-refractivity contribution in [2.45, 2.75) is 36.6 Å². The Hall–Kier alpha value is -1.31. The SMILES string of the molecule is NCC1CCCCC1NS(=O)(=O)c1ccc2c(c1)OCCO2. The van der Waals surface area contributed by atoms with Crippen molar-refractivity contribution < 1.29 is 17.9 Å². The lowest BCUT2D eigenvalue weighted by atomic mass is 9.85. The van der Waals surface area contributed by atoms with Crippen LogP contribution in [0.3, 0.4) is 0 Å². The Kier molecular flexibility index (Phi) is 4.56. The summed E-state index contributed by atoms with van der Waals surface area (Å²) in [7, 11) is -3.58. The van der Waals surface area contributed by atoms with E-state index in [0.29, 0.717) is 31.3 Å². The predicted molar refractivity (Wildman–Crippen MR) is 82.6 cm³/mol. The lowest BCUT2D eigenvalue weighted by molar-refractivity contribution is 0.171. The molecule has 2 atom stereocenters. The first kappa shape index (κ1) is 15.6. The van der Waals surface area contributed by atoms with Crippen LogP contribution < -0.4 is 19.9 Å². The lowest BCUT2D eigenvalue weighted by Crippen LogP contribution is -2.44. The number of benzene rings is 1. The van der Waals surface area contributed by atoms with Crippen molar-refractivity contribution in [2.75, 3.05) is 19.8 Å². The lowest BCUT2D eigenvalue weighted by Gasteiger charge is -2.31. The van der Waals surface area contributed by atoms with Gasteiger partial charge in [-0.15, -0.1) is 0 Å². The molecule has 7 heteroatoms. The predicted octanol–water partition coefficient (Wildman–Crippen LogP) is 1.25. The molecular weight excluding hydrogens is 304 g/mol. The molecule has 1 aromatic carbocycles. The highest BCUT2D eigenvalue weighted by molar-refractivity contribution is 7.89. The number of hydrogen-bond acceptors (Lipinski definition) is 5. The molecular formula is C15H22N2O4S. The van der Waals surface area contributed by atoms with Crippen molar-refractivity contribution in [1.29, 1.82) is 0 Å². The van der Waals surface area contributed by atoms with Crippen molar-refractivity contribution in [3.05, 3.63) is 18.2 Å². The summed E-state index contributed by atoms with van der Waals surface area (Å²) in [6.45, 7) is 1.42. The van der Waals surface area contributed by atoms with Crippen LogP contribution in [-0.2, 0) is 10.0 Å². The molecule has 0 amide bonds. The minimum atomic E-state index is -3.58. The van der Waals surface area contributed by atoms with Gasteiger partial charge in [-0.25, -0.2) is 13.1 Å². The second kappa shape index (κ2) is 6.44. The van der Waals surface area contributed by atoms with Crippen LogP contribution in [0.5, 0.6) is 11.5 Å². The van der Waals surface area contributed by atoms with E-state index in [0.717, 1.165) is 25.7 Å². The van der Waals surface area contributed by atoms with Crippen molar-refractivity contribution >= 4 is 10.0 Å². The number of fused-ring (bicyclic) bond motifs is 1. The molecule has 0 aromatic heterocycles. The summed E-state index contributed by atoms with van der Waals surface area (Å²) < 4.78 is 38.9. The van der Waals surface area contributed by atoms with Crippen LogP contribution in [0.1, 0.15) is 25.7 Å². The molecule has 0 spiro atoms. The van der Waals surface area contributed by atoms with Crippen molar-refractivity contribution in [3.63, 3.8) is 0 Å². The highest BCUT2D eigenvalue weighted by Crippen LogP contribution is 2.33. The topological polar surface area (TPSA) is 90.7 Å². The molecule has 1 aliphatic carbocycles. The number of hydrogen-bond donors (Lipinski definition) is 2. The van der Waals surface area contributed by atoms with Gasteiger partial charge in [-0.1, -0.05) is 12.8 Å². The summed E-state index contributed by atoms with van der Waals surface area (Å²) >= 11 is 0. The van der Waals surface area contributed by atoms with Gasteiger partial charge in [0.05, 0.1) is 4.90 Å². The second-order valence-electron chi connectivity index (χ2n) is 5.81. The third-order valence-electron chi connectivity index (χ3n) is 4.34. The van der Waals surface area contributed by atoms with Crippen LogP contribution in [-0.4, -0.2) is 34.2 Å². The van der Waals surface area contributed by atoms with Crippen molar-refractivity contribution in [2.24, 2.45) is 11.7 Å². The van der Waals surface area contributed by atoms with E-state index >= 15 is 0 Å². The average Bonchev–Trinajstić information content (AvgIpc) is 2.54. The van der Waals surface area contributed by atoms with E-state index < -0.39 is 10.0 Å². The first-order chi connectivity index (χ1) is 10.6. The largest absolute Gasteiger partial charge is 0.486 e. The van der Waals surface area contributed by atoms with Gasteiger partial charge in [-0.05, 0) is 37.4 Å². The van der Waals surface area contributed by atoms with Crippen molar-refractivity contribution in [3.8, 4) is 11.5 Å². The van der Waals surface area contributed by atoms with Crippen LogP contribution in [0.25, 0.3) is 0 Å². The van der Waals surface area contributed by atoms with Gasteiger partial charge in [0.2, 0.25) is 10.0 Å². The van der Waals surface area contributed by atoms with Gasteiger partial charge in [0.25, 0.3) is 0 Å². The van der Waals surface area contributed by atoms with E-state index in [1.807, 2.05) is 0 Å². The third kappa shape index (κ3) is 3.21. The normalized spacial score (nSPS) is 25.0. The van der Waals surface area contributed by atoms with Gasteiger partial charge in [0, 0.05) is 12.1 Å². The minimum absolute atomic E-state index is 0.0862. The van der Waals surface area contributed by atoms with Gasteiger partial charge in [0.15, 0.2) is 11.5 Å². The third-order valence-corrected chi connectivity index (χ3v) is 5.83. The molecule has 0 radical (unpaired) electrons. The Balaban J connectivity index is 1.80. The molecule has 1 aromatic rings. The molecule has 22 heavy (non-hydrogen) atoms. The second-order valence-corrected chi connectivity index (χ2v) is 7.53. The molecule has 1 fully saturated rings. The maximum absolute atomic E-state index is 12.6. The van der Waals surface area contributed by atoms with E-state index in [-0.39, 0.29) is 16.9 Å². The van der Waals surface area contributed by atoms with Gasteiger partial charge < -0.3 is 15.2 Å². The van der Waals surface area contributed by atoms with E-state index in [4.69, 9.17) is 15.2 Å². The van der Waals surface area contributed by atoms with Crippen LogP contribution in [0.4, 0.5) is 0 Å². The standard InChI is InChI=1S/C15H22N2O4S/c16-10-11-3-1-2-4-13(11)17-22(18,19)12-5-6-14-15(9-12)21-8-7-20-14/h5-6,9,11,13,17H,1-4,7-8,10,16H2. The number of rotatable bonds is 4. The van der Waals surface area contributed by atoms with Gasteiger partial charge in [-0.3, -0.25) is 0 Å².